The third-order valence-electron chi connectivity index (χ3n) is 5.67. The Labute approximate surface area is 238 Å². The van der Waals surface area contributed by atoms with Crippen LogP contribution in [-0.2, 0) is 16.2 Å². The number of carbonyl (C=O) groups excluding carboxylic acids is 3. The number of nitrogens with zero attached hydrogens (tertiary/aromatic N) is 1. The van der Waals surface area contributed by atoms with Gasteiger partial charge in [-0.1, -0.05) is 23.7 Å². The van der Waals surface area contributed by atoms with Crippen molar-refractivity contribution < 1.29 is 28.6 Å². The van der Waals surface area contributed by atoms with E-state index in [0.29, 0.717) is 38.9 Å². The summed E-state index contributed by atoms with van der Waals surface area (Å²) in [6.45, 7) is 2.30. The first-order chi connectivity index (χ1) is 17.7. The van der Waals surface area contributed by atoms with E-state index < -0.39 is 17.8 Å². The largest absolute Gasteiger partial charge is 0.487 e. The maximum Gasteiger partial charge on any atom is 0.335 e. The van der Waals surface area contributed by atoms with Crippen LogP contribution in [0.15, 0.2) is 58.6 Å². The van der Waals surface area contributed by atoms with E-state index in [1.165, 1.54) is 12.1 Å². The Balaban J connectivity index is 1.39. The molecule has 0 radical (unpaired) electrons. The SMILES string of the molecule is Cc1ccc(N2C(=O)NC(=O)/C(=C/c3cc(Br)c(OCc4ccc5c(c4)OCO5)c(I)c3)C2=O)cc1Cl. The van der Waals surface area contributed by atoms with E-state index in [4.69, 9.17) is 25.8 Å². The summed E-state index contributed by atoms with van der Waals surface area (Å²) in [6.07, 6.45) is 1.43. The fourth-order valence-electron chi connectivity index (χ4n) is 3.77. The summed E-state index contributed by atoms with van der Waals surface area (Å²) >= 11 is 11.8. The number of amides is 4. The molecule has 0 spiro atoms. The molecule has 188 valence electrons. The van der Waals surface area contributed by atoms with E-state index in [-0.39, 0.29) is 18.1 Å². The third kappa shape index (κ3) is 5.18. The highest BCUT2D eigenvalue weighted by Gasteiger charge is 2.37. The van der Waals surface area contributed by atoms with Crippen LogP contribution in [-0.4, -0.2) is 24.6 Å². The molecule has 0 aliphatic carbocycles. The number of halogens is 3. The molecule has 2 heterocycles. The molecule has 37 heavy (non-hydrogen) atoms. The molecule has 1 saturated heterocycles. The first kappa shape index (κ1) is 25.6. The van der Waals surface area contributed by atoms with Gasteiger partial charge in [-0.15, -0.1) is 0 Å². The molecule has 8 nitrogen and oxygen atoms in total. The van der Waals surface area contributed by atoms with Crippen LogP contribution >= 0.6 is 50.1 Å². The summed E-state index contributed by atoms with van der Waals surface area (Å²) in [6, 6.07) is 13.1. The number of aryl methyl sites for hydroxylation is 1. The summed E-state index contributed by atoms with van der Waals surface area (Å²) in [5, 5.41) is 2.62. The number of fused-ring (bicyclic) bond motifs is 1. The van der Waals surface area contributed by atoms with Crippen LogP contribution in [0.3, 0.4) is 0 Å². The molecule has 3 aromatic rings. The Kier molecular flexibility index (Phi) is 7.15. The highest BCUT2D eigenvalue weighted by atomic mass is 127. The molecule has 3 aromatic carbocycles. The van der Waals surface area contributed by atoms with Crippen LogP contribution in [0.5, 0.6) is 17.2 Å². The van der Waals surface area contributed by atoms with E-state index in [2.05, 4.69) is 43.8 Å². The maximum absolute atomic E-state index is 13.2. The first-order valence-corrected chi connectivity index (χ1v) is 13.1. The number of anilines is 1. The lowest BCUT2D eigenvalue weighted by molar-refractivity contribution is -0.122. The van der Waals surface area contributed by atoms with Crippen LogP contribution in [0.4, 0.5) is 10.5 Å². The lowest BCUT2D eigenvalue weighted by Gasteiger charge is -2.26. The third-order valence-corrected chi connectivity index (χ3v) is 7.46. The fourth-order valence-corrected chi connectivity index (χ4v) is 5.71. The van der Waals surface area contributed by atoms with Crippen molar-refractivity contribution in [3.8, 4) is 17.2 Å². The van der Waals surface area contributed by atoms with Crippen molar-refractivity contribution in [3.63, 3.8) is 0 Å². The molecule has 0 aromatic heterocycles. The summed E-state index contributed by atoms with van der Waals surface area (Å²) in [5.74, 6) is 0.448. The van der Waals surface area contributed by atoms with E-state index in [9.17, 15) is 14.4 Å². The molecule has 1 fully saturated rings. The number of nitrogens with one attached hydrogen (secondary N) is 1. The molecule has 11 heteroatoms. The Bertz CT molecular complexity index is 1490. The van der Waals surface area contributed by atoms with Crippen molar-refractivity contribution in [2.24, 2.45) is 0 Å². The van der Waals surface area contributed by atoms with Gasteiger partial charge in [-0.05, 0) is 105 Å². The Morgan fingerprint density at radius 3 is 2.65 bits per heavy atom. The van der Waals surface area contributed by atoms with Crippen LogP contribution in [0.2, 0.25) is 5.02 Å². The standard InChI is InChI=1S/C26H17BrClIN2O6/c1-13-2-4-16(10-19(13)28)31-25(33)17(24(32)30-26(31)34)6-15-7-18(27)23(20(29)8-15)35-11-14-3-5-21-22(9-14)37-12-36-21/h2-10H,11-12H2,1H3,(H,30,32,34)/b17-6-. The van der Waals surface area contributed by atoms with Crippen molar-refractivity contribution in [3.05, 3.63) is 83.9 Å². The topological polar surface area (TPSA) is 94.2 Å². The van der Waals surface area contributed by atoms with Crippen LogP contribution in [0.25, 0.3) is 6.08 Å². The maximum atomic E-state index is 13.2. The average Bonchev–Trinajstić information content (AvgIpc) is 3.31. The molecular formula is C26H17BrClIN2O6. The molecule has 4 amide bonds. The molecule has 0 saturated carbocycles. The zero-order chi connectivity index (χ0) is 26.3. The van der Waals surface area contributed by atoms with Crippen LogP contribution in [0, 0.1) is 10.5 Å². The lowest BCUT2D eigenvalue weighted by atomic mass is 10.1. The minimum absolute atomic E-state index is 0.187. The van der Waals surface area contributed by atoms with Crippen LogP contribution in [0.1, 0.15) is 16.7 Å². The summed E-state index contributed by atoms with van der Waals surface area (Å²) in [4.78, 5) is 39.1. The molecule has 2 aliphatic heterocycles. The normalized spacial score (nSPS) is 15.8. The number of benzene rings is 3. The minimum atomic E-state index is -0.838. The second-order valence-electron chi connectivity index (χ2n) is 8.18. The van der Waals surface area contributed by atoms with Crippen molar-refractivity contribution in [1.29, 1.82) is 0 Å². The number of urea groups is 1. The summed E-state index contributed by atoms with van der Waals surface area (Å²) < 4.78 is 18.2. The number of rotatable bonds is 5. The second-order valence-corrected chi connectivity index (χ2v) is 10.6. The van der Waals surface area contributed by atoms with Gasteiger partial charge < -0.3 is 14.2 Å². The Morgan fingerprint density at radius 2 is 1.89 bits per heavy atom. The molecule has 2 aliphatic rings. The number of carbonyl (C=O) groups is 3. The number of ether oxygens (including phenoxy) is 3. The van der Waals surface area contributed by atoms with Gasteiger partial charge >= 0.3 is 6.03 Å². The smallest absolute Gasteiger partial charge is 0.335 e. The Hall–Kier alpha value is -3.09. The van der Waals surface area contributed by atoms with Gasteiger partial charge in [-0.3, -0.25) is 14.9 Å². The summed E-state index contributed by atoms with van der Waals surface area (Å²) in [7, 11) is 0. The van der Waals surface area contributed by atoms with Crippen LogP contribution < -0.4 is 24.4 Å². The zero-order valence-corrected chi connectivity index (χ0v) is 23.6. The highest BCUT2D eigenvalue weighted by molar-refractivity contribution is 14.1. The van der Waals surface area contributed by atoms with Gasteiger partial charge in [0, 0.05) is 5.02 Å². The molecule has 1 N–H and O–H groups in total. The van der Waals surface area contributed by atoms with Gasteiger partial charge in [0.1, 0.15) is 17.9 Å². The van der Waals surface area contributed by atoms with Gasteiger partial charge in [0.05, 0.1) is 13.7 Å². The predicted octanol–water partition coefficient (Wildman–Crippen LogP) is 5.99. The summed E-state index contributed by atoms with van der Waals surface area (Å²) in [5.41, 5.74) is 2.35. The Morgan fingerprint density at radius 1 is 1.11 bits per heavy atom. The number of imide groups is 2. The average molecular weight is 696 g/mol. The minimum Gasteiger partial charge on any atom is -0.487 e. The molecule has 0 unspecified atom stereocenters. The van der Waals surface area contributed by atoms with Gasteiger partial charge in [-0.25, -0.2) is 9.69 Å². The van der Waals surface area contributed by atoms with E-state index >= 15 is 0 Å². The number of barbiturate groups is 1. The van der Waals surface area contributed by atoms with Crippen molar-refractivity contribution >= 4 is 79.7 Å². The molecule has 0 bridgehead atoms. The van der Waals surface area contributed by atoms with Gasteiger partial charge in [0.2, 0.25) is 6.79 Å². The molecule has 5 rings (SSSR count). The predicted molar refractivity (Wildman–Crippen MR) is 149 cm³/mol. The first-order valence-electron chi connectivity index (χ1n) is 10.9. The lowest BCUT2D eigenvalue weighted by Crippen LogP contribution is -2.54. The van der Waals surface area contributed by atoms with Gasteiger partial charge in [-0.2, -0.15) is 0 Å². The highest BCUT2D eigenvalue weighted by Crippen LogP contribution is 2.36. The number of hydrogen-bond donors (Lipinski definition) is 1. The van der Waals surface area contributed by atoms with Gasteiger partial charge in [0.25, 0.3) is 11.8 Å². The van der Waals surface area contributed by atoms with Crippen molar-refractivity contribution in [2.45, 2.75) is 13.5 Å². The molecule has 0 atom stereocenters. The van der Waals surface area contributed by atoms with E-state index in [1.807, 2.05) is 18.2 Å². The van der Waals surface area contributed by atoms with E-state index in [0.717, 1.165) is 19.6 Å². The quantitative estimate of drug-likeness (QED) is 0.200. The second kappa shape index (κ2) is 10.3. The number of hydrogen-bond acceptors (Lipinski definition) is 6. The monoisotopic (exact) mass is 694 g/mol. The van der Waals surface area contributed by atoms with Crippen molar-refractivity contribution in [2.75, 3.05) is 11.7 Å². The zero-order valence-electron chi connectivity index (χ0n) is 19.1. The van der Waals surface area contributed by atoms with Gasteiger partial charge in [0.15, 0.2) is 11.5 Å². The fraction of sp³-hybridized carbons (Fsp3) is 0.115. The van der Waals surface area contributed by atoms with Crippen molar-refractivity contribution in [1.82, 2.24) is 5.32 Å². The molecular weight excluding hydrogens is 679 g/mol. The van der Waals surface area contributed by atoms with E-state index in [1.54, 1.807) is 31.2 Å².